The summed E-state index contributed by atoms with van der Waals surface area (Å²) in [5.74, 6) is 0.339. The molecule has 0 aliphatic heterocycles. The molecule has 0 aliphatic carbocycles. The van der Waals surface area contributed by atoms with E-state index in [2.05, 4.69) is 4.52 Å². The molecule has 0 saturated carbocycles. The van der Waals surface area contributed by atoms with Crippen LogP contribution in [0, 0.1) is 0 Å². The second kappa shape index (κ2) is 6.58. The minimum atomic E-state index is -0.610. The fourth-order valence-corrected chi connectivity index (χ4v) is 0.453. The molecule has 1 aromatic carbocycles. The molecule has 0 bridgehead atoms. The fraction of sp³-hybridized carbons (Fsp3) is 0.143. The van der Waals surface area contributed by atoms with Crippen LogP contribution < -0.4 is 0 Å². The van der Waals surface area contributed by atoms with Crippen molar-refractivity contribution in [3.63, 3.8) is 0 Å². The number of hydrogen-bond donors (Lipinski definition) is 2. The summed E-state index contributed by atoms with van der Waals surface area (Å²) in [4.78, 5) is 0. The zero-order valence-corrected chi connectivity index (χ0v) is 7.52. The fourth-order valence-electron chi connectivity index (χ4n) is 0.453. The van der Waals surface area contributed by atoms with Crippen molar-refractivity contribution in [2.24, 2.45) is 0 Å². The number of aromatic hydroxyl groups is 2. The number of phenolic OH excluding ortho intramolecular Hbond substituents is 2. The van der Waals surface area contributed by atoms with Gasteiger partial charge in [-0.15, -0.1) is 0 Å². The summed E-state index contributed by atoms with van der Waals surface area (Å²) >= 11 is 0. The Morgan fingerprint density at radius 1 is 1.17 bits per heavy atom. The molecule has 1 unspecified atom stereocenters. The maximum Gasteiger partial charge on any atom is 0.493 e. The number of rotatable bonds is 1. The maximum absolute atomic E-state index is 9.10. The molecule has 0 aromatic heterocycles. The summed E-state index contributed by atoms with van der Waals surface area (Å²) in [6, 6.07) is 5.70. The lowest BCUT2D eigenvalue weighted by molar-refractivity contribution is 0.433. The number of benzene rings is 1. The third-order valence-corrected chi connectivity index (χ3v) is 1.10. The van der Waals surface area contributed by atoms with E-state index >= 15 is 0 Å². The second-order valence-electron chi connectivity index (χ2n) is 1.80. The van der Waals surface area contributed by atoms with Gasteiger partial charge in [0, 0.05) is 0 Å². The molecular weight excluding hydrogens is 179 g/mol. The van der Waals surface area contributed by atoms with Crippen LogP contribution in [0.3, 0.4) is 0 Å². The van der Waals surface area contributed by atoms with Gasteiger partial charge in [-0.3, -0.25) is 0 Å². The molecule has 4 nitrogen and oxygen atoms in total. The number of phenols is 2. The van der Waals surface area contributed by atoms with Crippen molar-refractivity contribution in [3.05, 3.63) is 24.3 Å². The van der Waals surface area contributed by atoms with Gasteiger partial charge in [-0.25, -0.2) is 0 Å². The van der Waals surface area contributed by atoms with Crippen LogP contribution in [0.5, 0.6) is 11.5 Å². The summed E-state index contributed by atoms with van der Waals surface area (Å²) in [7, 11) is 0.771. The van der Waals surface area contributed by atoms with E-state index in [1.54, 1.807) is 0 Å². The minimum absolute atomic E-state index is 0.169. The van der Waals surface area contributed by atoms with Crippen LogP contribution in [0.25, 0.3) is 0 Å². The van der Waals surface area contributed by atoms with Crippen LogP contribution in [0.1, 0.15) is 0 Å². The molecule has 66 valence electrons. The summed E-state index contributed by atoms with van der Waals surface area (Å²) in [5, 5.41) is 17.3. The van der Waals surface area contributed by atoms with Crippen molar-refractivity contribution in [2.75, 3.05) is 7.11 Å². The van der Waals surface area contributed by atoms with Gasteiger partial charge in [0.15, 0.2) is 0 Å². The summed E-state index contributed by atoms with van der Waals surface area (Å²) in [6.07, 6.45) is 0. The Morgan fingerprint density at radius 3 is 1.58 bits per heavy atom. The Morgan fingerprint density at radius 2 is 1.42 bits per heavy atom. The van der Waals surface area contributed by atoms with Gasteiger partial charge in [0.25, 0.3) is 0 Å². The molecule has 12 heavy (non-hydrogen) atoms. The smallest absolute Gasteiger partial charge is 0.493 e. The van der Waals surface area contributed by atoms with Gasteiger partial charge in [-0.2, -0.15) is 4.52 Å². The van der Waals surface area contributed by atoms with Crippen molar-refractivity contribution in [2.45, 2.75) is 0 Å². The molecule has 0 heterocycles. The molecular formula is C7H10O4P+. The molecule has 0 spiro atoms. The van der Waals surface area contributed by atoms with Gasteiger partial charge in [-0.05, 0) is 28.8 Å². The maximum atomic E-state index is 9.10. The largest absolute Gasteiger partial charge is 0.508 e. The molecule has 0 aliphatic rings. The van der Waals surface area contributed by atoms with E-state index < -0.39 is 8.69 Å². The molecule has 1 rings (SSSR count). The zero-order chi connectivity index (χ0) is 9.40. The topological polar surface area (TPSA) is 66.8 Å². The van der Waals surface area contributed by atoms with E-state index in [1.807, 2.05) is 0 Å². The normalized spacial score (nSPS) is 8.75. The van der Waals surface area contributed by atoms with Gasteiger partial charge < -0.3 is 10.2 Å². The monoisotopic (exact) mass is 189 g/mol. The highest BCUT2D eigenvalue weighted by molar-refractivity contribution is 7.17. The Kier molecular flexibility index (Phi) is 5.97. The van der Waals surface area contributed by atoms with Crippen LogP contribution >= 0.6 is 8.69 Å². The third-order valence-electron chi connectivity index (χ3n) is 0.933. The van der Waals surface area contributed by atoms with E-state index in [0.29, 0.717) is 0 Å². The van der Waals surface area contributed by atoms with Crippen molar-refractivity contribution >= 4 is 8.69 Å². The lowest BCUT2D eigenvalue weighted by Crippen LogP contribution is -1.61. The first-order chi connectivity index (χ1) is 5.70. The van der Waals surface area contributed by atoms with E-state index in [9.17, 15) is 0 Å². The summed E-state index contributed by atoms with van der Waals surface area (Å²) < 4.78 is 13.1. The van der Waals surface area contributed by atoms with Gasteiger partial charge in [0.2, 0.25) is 0 Å². The van der Waals surface area contributed by atoms with Gasteiger partial charge in [-0.1, -0.05) is 0 Å². The Hall–Kier alpha value is -1.12. The lowest BCUT2D eigenvalue weighted by Gasteiger charge is -1.88. The van der Waals surface area contributed by atoms with Gasteiger partial charge in [0.1, 0.15) is 11.5 Å². The highest BCUT2D eigenvalue weighted by atomic mass is 31.1. The Bertz CT molecular complexity index is 200. The summed E-state index contributed by atoms with van der Waals surface area (Å²) in [6.45, 7) is 0. The molecule has 2 N–H and O–H groups in total. The third kappa shape index (κ3) is 5.65. The highest BCUT2D eigenvalue weighted by Crippen LogP contribution is 2.13. The van der Waals surface area contributed by atoms with Crippen LogP contribution in [-0.2, 0) is 9.09 Å². The average Bonchev–Trinajstić information content (AvgIpc) is 2.11. The van der Waals surface area contributed by atoms with Gasteiger partial charge >= 0.3 is 8.69 Å². The first-order valence-corrected chi connectivity index (χ1v) is 3.90. The van der Waals surface area contributed by atoms with Crippen LogP contribution in [-0.4, -0.2) is 17.3 Å². The quantitative estimate of drug-likeness (QED) is 0.520. The van der Waals surface area contributed by atoms with E-state index in [1.165, 1.54) is 31.4 Å². The van der Waals surface area contributed by atoms with Crippen molar-refractivity contribution in [3.8, 4) is 11.5 Å². The van der Waals surface area contributed by atoms with Crippen LogP contribution in [0.4, 0.5) is 0 Å². The van der Waals surface area contributed by atoms with Crippen LogP contribution in [0.15, 0.2) is 24.3 Å². The summed E-state index contributed by atoms with van der Waals surface area (Å²) in [5.41, 5.74) is 0. The minimum Gasteiger partial charge on any atom is -0.508 e. The standard InChI is InChI=1S/C6H6O2.CH4O2P/c7-5-1-2-6(8)4-3-5;1-3-4-2/h1-4,7-8H;4H,1H3/q;+1. The predicted octanol–water partition coefficient (Wildman–Crippen LogP) is 1.67. The molecule has 1 aromatic rings. The van der Waals surface area contributed by atoms with E-state index in [4.69, 9.17) is 14.8 Å². The SMILES string of the molecule is CO[PH+]=O.Oc1ccc(O)cc1. The molecule has 0 radical (unpaired) electrons. The average molecular weight is 189 g/mol. The van der Waals surface area contributed by atoms with Crippen molar-refractivity contribution in [1.82, 2.24) is 0 Å². The second-order valence-corrected chi connectivity index (χ2v) is 2.38. The van der Waals surface area contributed by atoms with E-state index in [-0.39, 0.29) is 11.5 Å². The highest BCUT2D eigenvalue weighted by Gasteiger charge is 1.84. The van der Waals surface area contributed by atoms with Crippen molar-refractivity contribution in [1.29, 1.82) is 0 Å². The predicted molar refractivity (Wildman–Crippen MR) is 45.8 cm³/mol. The Labute approximate surface area is 71.7 Å². The van der Waals surface area contributed by atoms with Crippen molar-refractivity contribution < 1.29 is 19.3 Å². The van der Waals surface area contributed by atoms with Crippen LogP contribution in [0.2, 0.25) is 0 Å². The molecule has 0 saturated heterocycles. The zero-order valence-electron chi connectivity index (χ0n) is 6.52. The number of hydrogen-bond acceptors (Lipinski definition) is 4. The first kappa shape index (κ1) is 10.9. The molecule has 5 heteroatoms. The lowest BCUT2D eigenvalue weighted by atomic mass is 10.3. The van der Waals surface area contributed by atoms with E-state index in [0.717, 1.165) is 0 Å². The molecule has 1 atom stereocenters. The first-order valence-electron chi connectivity index (χ1n) is 3.09. The molecule has 0 amide bonds. The van der Waals surface area contributed by atoms with Gasteiger partial charge in [0.05, 0.1) is 7.11 Å². The molecule has 0 fully saturated rings. The Balaban J connectivity index is 0.000000261.